The molecule has 2 aromatic heterocycles. The molecule has 2 heterocycles. The van der Waals surface area contributed by atoms with Crippen molar-refractivity contribution >= 4 is 11.9 Å². The van der Waals surface area contributed by atoms with Crippen LogP contribution in [-0.2, 0) is 4.79 Å². The van der Waals surface area contributed by atoms with E-state index in [9.17, 15) is 4.79 Å². The normalized spacial score (nSPS) is 10.0. The van der Waals surface area contributed by atoms with Crippen LogP contribution in [0.25, 0.3) is 11.3 Å². The van der Waals surface area contributed by atoms with Crippen molar-refractivity contribution in [3.63, 3.8) is 0 Å². The number of rotatable bonds is 4. The molecule has 6 nitrogen and oxygen atoms in total. The van der Waals surface area contributed by atoms with Crippen LogP contribution in [0.4, 0.5) is 5.95 Å². The molecule has 0 aliphatic rings. The predicted octanol–water partition coefficient (Wildman–Crippen LogP) is 0.968. The zero-order chi connectivity index (χ0) is 11.4. The first-order valence-electron chi connectivity index (χ1n) is 4.67. The van der Waals surface area contributed by atoms with Crippen molar-refractivity contribution in [2.24, 2.45) is 0 Å². The summed E-state index contributed by atoms with van der Waals surface area (Å²) >= 11 is 0. The monoisotopic (exact) mass is 218 g/mol. The van der Waals surface area contributed by atoms with Gasteiger partial charge in [0.1, 0.15) is 6.54 Å². The number of aromatic amines is 1. The van der Waals surface area contributed by atoms with Gasteiger partial charge in [0.15, 0.2) is 0 Å². The maximum atomic E-state index is 10.3. The summed E-state index contributed by atoms with van der Waals surface area (Å²) < 4.78 is 0. The lowest BCUT2D eigenvalue weighted by Gasteiger charge is -2.01. The fourth-order valence-electron chi connectivity index (χ4n) is 1.22. The van der Waals surface area contributed by atoms with Gasteiger partial charge in [-0.25, -0.2) is 9.97 Å². The van der Waals surface area contributed by atoms with E-state index in [0.29, 0.717) is 5.95 Å². The summed E-state index contributed by atoms with van der Waals surface area (Å²) in [5.74, 6) is -0.644. The van der Waals surface area contributed by atoms with Crippen LogP contribution in [0, 0.1) is 0 Å². The van der Waals surface area contributed by atoms with Crippen LogP contribution in [0.2, 0.25) is 0 Å². The summed E-state index contributed by atoms with van der Waals surface area (Å²) in [6, 6.07) is 3.79. The van der Waals surface area contributed by atoms with Crippen LogP contribution in [0.5, 0.6) is 0 Å². The zero-order valence-corrected chi connectivity index (χ0v) is 8.34. The maximum Gasteiger partial charge on any atom is 0.322 e. The zero-order valence-electron chi connectivity index (χ0n) is 8.34. The van der Waals surface area contributed by atoms with Gasteiger partial charge in [0.05, 0.1) is 0 Å². The van der Waals surface area contributed by atoms with Crippen molar-refractivity contribution in [3.05, 3.63) is 30.7 Å². The van der Waals surface area contributed by atoms with Gasteiger partial charge >= 0.3 is 5.97 Å². The van der Waals surface area contributed by atoms with E-state index in [4.69, 9.17) is 5.11 Å². The molecule has 0 saturated carbocycles. The summed E-state index contributed by atoms with van der Waals surface area (Å²) in [5, 5.41) is 11.0. The highest BCUT2D eigenvalue weighted by Crippen LogP contribution is 2.14. The Bertz CT molecular complexity index is 464. The SMILES string of the molecule is O=C(O)CNc1ncc(-c2ccc[nH]2)cn1. The molecule has 0 spiro atoms. The topological polar surface area (TPSA) is 90.9 Å². The van der Waals surface area contributed by atoms with Gasteiger partial charge in [0.25, 0.3) is 0 Å². The van der Waals surface area contributed by atoms with Crippen LogP contribution in [0.3, 0.4) is 0 Å². The van der Waals surface area contributed by atoms with E-state index in [2.05, 4.69) is 20.3 Å². The minimum atomic E-state index is -0.947. The molecule has 3 N–H and O–H groups in total. The number of H-pyrrole nitrogens is 1. The summed E-state index contributed by atoms with van der Waals surface area (Å²) in [7, 11) is 0. The van der Waals surface area contributed by atoms with E-state index in [1.165, 1.54) is 0 Å². The lowest BCUT2D eigenvalue weighted by molar-refractivity contribution is -0.134. The van der Waals surface area contributed by atoms with E-state index in [0.717, 1.165) is 11.3 Å². The number of carboxylic acid groups (broad SMARTS) is 1. The molecule has 0 aliphatic carbocycles. The van der Waals surface area contributed by atoms with Gasteiger partial charge < -0.3 is 15.4 Å². The molecule has 6 heteroatoms. The van der Waals surface area contributed by atoms with Crippen LogP contribution in [0.15, 0.2) is 30.7 Å². The van der Waals surface area contributed by atoms with Gasteiger partial charge in [-0.05, 0) is 12.1 Å². The number of nitrogens with one attached hydrogen (secondary N) is 2. The minimum Gasteiger partial charge on any atom is -0.480 e. The lowest BCUT2D eigenvalue weighted by atomic mass is 10.2. The first kappa shape index (κ1) is 10.2. The maximum absolute atomic E-state index is 10.3. The van der Waals surface area contributed by atoms with Crippen LogP contribution >= 0.6 is 0 Å². The molecule has 0 atom stereocenters. The Morgan fingerprint density at radius 3 is 2.75 bits per heavy atom. The molecule has 2 aromatic rings. The van der Waals surface area contributed by atoms with E-state index in [1.807, 2.05) is 18.3 Å². The third kappa shape index (κ3) is 2.35. The number of carbonyl (C=O) groups is 1. The second-order valence-electron chi connectivity index (χ2n) is 3.13. The third-order valence-corrected chi connectivity index (χ3v) is 1.96. The van der Waals surface area contributed by atoms with E-state index in [1.54, 1.807) is 12.4 Å². The third-order valence-electron chi connectivity index (χ3n) is 1.96. The van der Waals surface area contributed by atoms with Gasteiger partial charge in [0.2, 0.25) is 5.95 Å². The van der Waals surface area contributed by atoms with E-state index in [-0.39, 0.29) is 6.54 Å². The van der Waals surface area contributed by atoms with Crippen molar-refractivity contribution < 1.29 is 9.90 Å². The summed E-state index contributed by atoms with van der Waals surface area (Å²) in [6.07, 6.45) is 5.07. The minimum absolute atomic E-state index is 0.193. The van der Waals surface area contributed by atoms with Gasteiger partial charge in [-0.3, -0.25) is 4.79 Å². The fraction of sp³-hybridized carbons (Fsp3) is 0.100. The van der Waals surface area contributed by atoms with Crippen LogP contribution in [-0.4, -0.2) is 32.6 Å². The molecule has 16 heavy (non-hydrogen) atoms. The van der Waals surface area contributed by atoms with Gasteiger partial charge in [-0.15, -0.1) is 0 Å². The highest BCUT2D eigenvalue weighted by molar-refractivity contribution is 5.71. The van der Waals surface area contributed by atoms with Gasteiger partial charge in [-0.1, -0.05) is 0 Å². The number of aromatic nitrogens is 3. The second-order valence-corrected chi connectivity index (χ2v) is 3.13. The lowest BCUT2D eigenvalue weighted by Crippen LogP contribution is -2.14. The molecule has 2 rings (SSSR count). The number of hydrogen-bond acceptors (Lipinski definition) is 4. The van der Waals surface area contributed by atoms with Gasteiger partial charge in [0, 0.05) is 29.8 Å². The number of anilines is 1. The first-order chi connectivity index (χ1) is 7.75. The highest BCUT2D eigenvalue weighted by Gasteiger charge is 2.01. The molecular weight excluding hydrogens is 208 g/mol. The first-order valence-corrected chi connectivity index (χ1v) is 4.67. The molecule has 0 unspecified atom stereocenters. The second kappa shape index (κ2) is 4.43. The average molecular weight is 218 g/mol. The predicted molar refractivity (Wildman–Crippen MR) is 57.9 cm³/mol. The molecule has 0 saturated heterocycles. The Labute approximate surface area is 91.4 Å². The van der Waals surface area contributed by atoms with Crippen molar-refractivity contribution in [2.45, 2.75) is 0 Å². The molecule has 0 amide bonds. The molecular formula is C10H10N4O2. The molecule has 82 valence electrons. The molecule has 0 aromatic carbocycles. The molecule has 0 radical (unpaired) electrons. The van der Waals surface area contributed by atoms with Crippen molar-refractivity contribution in [1.82, 2.24) is 15.0 Å². The average Bonchev–Trinajstić information content (AvgIpc) is 2.80. The molecule has 0 bridgehead atoms. The quantitative estimate of drug-likeness (QED) is 0.711. The largest absolute Gasteiger partial charge is 0.480 e. The van der Waals surface area contributed by atoms with Crippen molar-refractivity contribution in [3.8, 4) is 11.3 Å². The Morgan fingerprint density at radius 2 is 2.19 bits per heavy atom. The summed E-state index contributed by atoms with van der Waals surface area (Å²) in [5.41, 5.74) is 1.77. The smallest absolute Gasteiger partial charge is 0.322 e. The van der Waals surface area contributed by atoms with E-state index < -0.39 is 5.97 Å². The van der Waals surface area contributed by atoms with Gasteiger partial charge in [-0.2, -0.15) is 0 Å². The Balaban J connectivity index is 2.08. The van der Waals surface area contributed by atoms with Crippen LogP contribution < -0.4 is 5.32 Å². The Kier molecular flexibility index (Phi) is 2.81. The standard InChI is InChI=1S/C10H10N4O2/c15-9(16)6-14-10-12-4-7(5-13-10)8-2-1-3-11-8/h1-5,11H,6H2,(H,15,16)(H,12,13,14). The molecule has 0 fully saturated rings. The highest BCUT2D eigenvalue weighted by atomic mass is 16.4. The fourth-order valence-corrected chi connectivity index (χ4v) is 1.22. The summed E-state index contributed by atoms with van der Waals surface area (Å²) in [4.78, 5) is 21.3. The molecule has 0 aliphatic heterocycles. The summed E-state index contributed by atoms with van der Waals surface area (Å²) in [6.45, 7) is -0.193. The number of nitrogens with zero attached hydrogens (tertiary/aromatic N) is 2. The Morgan fingerprint density at radius 1 is 1.44 bits per heavy atom. The van der Waals surface area contributed by atoms with Crippen molar-refractivity contribution in [2.75, 3.05) is 11.9 Å². The van der Waals surface area contributed by atoms with E-state index >= 15 is 0 Å². The Hall–Kier alpha value is -2.37. The van der Waals surface area contributed by atoms with Crippen LogP contribution in [0.1, 0.15) is 0 Å². The number of hydrogen-bond donors (Lipinski definition) is 3. The number of carboxylic acids is 1. The van der Waals surface area contributed by atoms with Crippen molar-refractivity contribution in [1.29, 1.82) is 0 Å². The number of aliphatic carboxylic acids is 1.